The van der Waals surface area contributed by atoms with Gasteiger partial charge in [0.25, 0.3) is 0 Å². The van der Waals surface area contributed by atoms with Crippen LogP contribution in [0.3, 0.4) is 0 Å². The Morgan fingerprint density at radius 2 is 1.27 bits per heavy atom. The third-order valence-corrected chi connectivity index (χ3v) is 3.91. The fourth-order valence-electron chi connectivity index (χ4n) is 2.59. The van der Waals surface area contributed by atoms with Gasteiger partial charge in [0.1, 0.15) is 12.2 Å². The smallest absolute Gasteiger partial charge is 0.303 e. The number of aliphatic carboxylic acids is 2. The van der Waals surface area contributed by atoms with E-state index >= 15 is 0 Å². The van der Waals surface area contributed by atoms with Crippen molar-refractivity contribution in [1.29, 1.82) is 0 Å². The summed E-state index contributed by atoms with van der Waals surface area (Å²) in [6, 6.07) is 0. The predicted octanol–water partition coefficient (Wildman–Crippen LogP) is 0.979. The first-order valence-electron chi connectivity index (χ1n) is 7.28. The maximum absolute atomic E-state index is 10.6. The number of hydrogen-bond donors (Lipinski definition) is 2. The van der Waals surface area contributed by atoms with Gasteiger partial charge in [0.15, 0.2) is 11.6 Å². The Morgan fingerprint density at radius 3 is 1.59 bits per heavy atom. The summed E-state index contributed by atoms with van der Waals surface area (Å²) in [7, 11) is 0. The largest absolute Gasteiger partial charge is 0.481 e. The van der Waals surface area contributed by atoms with Crippen molar-refractivity contribution in [3.63, 3.8) is 0 Å². The standard InChI is InChI=1S/C14H22O8/c1-13(5-3-11(15)16)19-7-9(21-13)10-8-20-14(2,22-10)6-4-12(17)18/h9-10H,3-8H2,1-2H3,(H,15,16)(H,17,18). The van der Waals surface area contributed by atoms with E-state index in [0.717, 1.165) is 0 Å². The van der Waals surface area contributed by atoms with E-state index in [1.54, 1.807) is 13.8 Å². The van der Waals surface area contributed by atoms with Gasteiger partial charge >= 0.3 is 11.9 Å². The SMILES string of the molecule is CC1(CCC(=O)O)OCC(C2COC(C)(CCC(=O)O)O2)O1. The van der Waals surface area contributed by atoms with Gasteiger partial charge in [0.05, 0.1) is 26.1 Å². The van der Waals surface area contributed by atoms with Crippen molar-refractivity contribution in [3.8, 4) is 0 Å². The zero-order chi connectivity index (χ0) is 16.4. The van der Waals surface area contributed by atoms with Crippen LogP contribution in [0.5, 0.6) is 0 Å². The topological polar surface area (TPSA) is 112 Å². The molecule has 2 aliphatic heterocycles. The van der Waals surface area contributed by atoms with Gasteiger partial charge in [0, 0.05) is 12.8 Å². The van der Waals surface area contributed by atoms with Gasteiger partial charge in [-0.05, 0) is 13.8 Å². The minimum atomic E-state index is -0.938. The lowest BCUT2D eigenvalue weighted by Gasteiger charge is -2.25. The van der Waals surface area contributed by atoms with Gasteiger partial charge < -0.3 is 29.2 Å². The zero-order valence-corrected chi connectivity index (χ0v) is 12.7. The monoisotopic (exact) mass is 318 g/mol. The first kappa shape index (κ1) is 17.1. The van der Waals surface area contributed by atoms with Crippen LogP contribution in [0.1, 0.15) is 39.5 Å². The zero-order valence-electron chi connectivity index (χ0n) is 12.7. The molecule has 2 N–H and O–H groups in total. The molecule has 22 heavy (non-hydrogen) atoms. The van der Waals surface area contributed by atoms with Crippen molar-refractivity contribution >= 4 is 11.9 Å². The Bertz CT molecular complexity index is 399. The van der Waals surface area contributed by atoms with Gasteiger partial charge in [-0.3, -0.25) is 9.59 Å². The van der Waals surface area contributed by atoms with Gasteiger partial charge in [-0.25, -0.2) is 0 Å². The predicted molar refractivity (Wildman–Crippen MR) is 72.2 cm³/mol. The molecule has 0 aromatic carbocycles. The van der Waals surface area contributed by atoms with Crippen molar-refractivity contribution < 1.29 is 38.7 Å². The van der Waals surface area contributed by atoms with E-state index in [2.05, 4.69) is 0 Å². The average Bonchev–Trinajstić information content (AvgIpc) is 3.00. The number of carboxylic acid groups (broad SMARTS) is 2. The Morgan fingerprint density at radius 1 is 0.909 bits per heavy atom. The van der Waals surface area contributed by atoms with Gasteiger partial charge in [-0.2, -0.15) is 0 Å². The average molecular weight is 318 g/mol. The Hall–Kier alpha value is -1.22. The van der Waals surface area contributed by atoms with Crippen LogP contribution >= 0.6 is 0 Å². The number of rotatable bonds is 7. The third kappa shape index (κ3) is 4.39. The van der Waals surface area contributed by atoms with Crippen LogP contribution in [0.25, 0.3) is 0 Å². The normalized spacial score (nSPS) is 38.3. The summed E-state index contributed by atoms with van der Waals surface area (Å²) >= 11 is 0. The molecule has 0 amide bonds. The van der Waals surface area contributed by atoms with Crippen LogP contribution in [-0.4, -0.2) is 59.1 Å². The fourth-order valence-corrected chi connectivity index (χ4v) is 2.59. The molecule has 2 fully saturated rings. The molecule has 0 radical (unpaired) electrons. The third-order valence-electron chi connectivity index (χ3n) is 3.91. The van der Waals surface area contributed by atoms with Crippen molar-refractivity contribution in [1.82, 2.24) is 0 Å². The number of hydrogen-bond acceptors (Lipinski definition) is 6. The first-order valence-corrected chi connectivity index (χ1v) is 7.28. The quantitative estimate of drug-likeness (QED) is 0.714. The highest BCUT2D eigenvalue weighted by Gasteiger charge is 2.47. The molecule has 4 unspecified atom stereocenters. The molecule has 2 saturated heterocycles. The Balaban J connectivity index is 1.84. The van der Waals surface area contributed by atoms with Crippen molar-refractivity contribution in [2.45, 2.75) is 63.3 Å². The summed E-state index contributed by atoms with van der Waals surface area (Å²) in [6.45, 7) is 3.99. The lowest BCUT2D eigenvalue weighted by atomic mass is 10.1. The lowest BCUT2D eigenvalue weighted by molar-refractivity contribution is -0.194. The fraction of sp³-hybridized carbons (Fsp3) is 0.857. The molecule has 2 rings (SSSR count). The highest BCUT2D eigenvalue weighted by Crippen LogP contribution is 2.35. The molecule has 8 heteroatoms. The van der Waals surface area contributed by atoms with E-state index in [1.165, 1.54) is 0 Å². The van der Waals surface area contributed by atoms with Gasteiger partial charge in [-0.15, -0.1) is 0 Å². The van der Waals surface area contributed by atoms with E-state index in [9.17, 15) is 9.59 Å². The Kier molecular flexibility index (Phi) is 5.06. The molecule has 4 atom stereocenters. The van der Waals surface area contributed by atoms with E-state index in [4.69, 9.17) is 29.2 Å². The number of carboxylic acids is 2. The first-order chi connectivity index (χ1) is 10.2. The molecule has 0 aromatic rings. The lowest BCUT2D eigenvalue weighted by Crippen LogP contribution is -2.36. The minimum absolute atomic E-state index is 0.0401. The van der Waals surface area contributed by atoms with E-state index in [0.29, 0.717) is 13.2 Å². The highest BCUT2D eigenvalue weighted by molar-refractivity contribution is 5.67. The van der Waals surface area contributed by atoms with Crippen LogP contribution in [0.2, 0.25) is 0 Å². The van der Waals surface area contributed by atoms with E-state index in [-0.39, 0.29) is 37.9 Å². The summed E-state index contributed by atoms with van der Waals surface area (Å²) in [5, 5.41) is 17.5. The van der Waals surface area contributed by atoms with Crippen LogP contribution in [0.15, 0.2) is 0 Å². The van der Waals surface area contributed by atoms with E-state index < -0.39 is 23.5 Å². The molecule has 0 saturated carbocycles. The molecule has 126 valence electrons. The molecule has 0 aliphatic carbocycles. The Labute approximate surface area is 128 Å². The molecule has 0 spiro atoms. The van der Waals surface area contributed by atoms with Crippen LogP contribution in [-0.2, 0) is 28.5 Å². The number of ether oxygens (including phenoxy) is 4. The van der Waals surface area contributed by atoms with Crippen molar-refractivity contribution in [3.05, 3.63) is 0 Å². The summed E-state index contributed by atoms with van der Waals surface area (Å²) in [4.78, 5) is 21.3. The number of carbonyl (C=O) groups is 2. The molecule has 8 nitrogen and oxygen atoms in total. The minimum Gasteiger partial charge on any atom is -0.481 e. The second kappa shape index (κ2) is 6.49. The van der Waals surface area contributed by atoms with Gasteiger partial charge in [0.2, 0.25) is 0 Å². The maximum atomic E-state index is 10.6. The summed E-state index contributed by atoms with van der Waals surface area (Å²) in [5.41, 5.74) is 0. The van der Waals surface area contributed by atoms with E-state index in [1.807, 2.05) is 0 Å². The molecular formula is C14H22O8. The second-order valence-electron chi connectivity index (χ2n) is 5.99. The molecule has 2 aliphatic rings. The second-order valence-corrected chi connectivity index (χ2v) is 5.99. The van der Waals surface area contributed by atoms with Crippen LogP contribution < -0.4 is 0 Å². The molecule has 0 aromatic heterocycles. The molecular weight excluding hydrogens is 296 g/mol. The summed E-state index contributed by atoms with van der Waals surface area (Å²) < 4.78 is 22.7. The summed E-state index contributed by atoms with van der Waals surface area (Å²) in [5.74, 6) is -3.68. The van der Waals surface area contributed by atoms with Gasteiger partial charge in [-0.1, -0.05) is 0 Å². The highest BCUT2D eigenvalue weighted by atomic mass is 16.8. The van der Waals surface area contributed by atoms with Crippen molar-refractivity contribution in [2.24, 2.45) is 0 Å². The molecule has 0 bridgehead atoms. The van der Waals surface area contributed by atoms with Crippen molar-refractivity contribution in [2.75, 3.05) is 13.2 Å². The van der Waals surface area contributed by atoms with Crippen LogP contribution in [0, 0.1) is 0 Å². The maximum Gasteiger partial charge on any atom is 0.303 e. The van der Waals surface area contributed by atoms with Crippen LogP contribution in [0.4, 0.5) is 0 Å². The molecule has 2 heterocycles. The summed E-state index contributed by atoms with van der Waals surface area (Å²) in [6.07, 6.45) is -0.287.